The molecule has 3 fully saturated rings. The van der Waals surface area contributed by atoms with Crippen LogP contribution in [0.5, 0.6) is 0 Å². The van der Waals surface area contributed by atoms with Gasteiger partial charge in [0, 0.05) is 11.8 Å². The van der Waals surface area contributed by atoms with Gasteiger partial charge in [-0.15, -0.1) is 0 Å². The molecule has 0 radical (unpaired) electrons. The Bertz CT molecular complexity index is 393. The first-order chi connectivity index (χ1) is 8.37. The van der Waals surface area contributed by atoms with Crippen LogP contribution in [0.2, 0.25) is 0 Å². The highest BCUT2D eigenvalue weighted by atomic mass is 16.5. The predicted molar refractivity (Wildman–Crippen MR) is 67.9 cm³/mol. The molecule has 0 aromatic carbocycles. The first-order valence-corrected chi connectivity index (χ1v) is 7.24. The summed E-state index contributed by atoms with van der Waals surface area (Å²) in [4.78, 5) is 11.5. The number of esters is 1. The summed E-state index contributed by atoms with van der Waals surface area (Å²) >= 11 is 0. The summed E-state index contributed by atoms with van der Waals surface area (Å²) in [6, 6.07) is 0. The minimum absolute atomic E-state index is 0.0626. The molecule has 0 aromatic heterocycles. The second kappa shape index (κ2) is 3.50. The summed E-state index contributed by atoms with van der Waals surface area (Å²) in [6.07, 6.45) is 5.18. The summed E-state index contributed by atoms with van der Waals surface area (Å²) < 4.78 is 5.53. The van der Waals surface area contributed by atoms with Crippen molar-refractivity contribution in [1.29, 1.82) is 0 Å². The summed E-state index contributed by atoms with van der Waals surface area (Å²) in [5.41, 5.74) is 0.970. The number of aliphatic hydroxyl groups is 1. The van der Waals surface area contributed by atoms with Gasteiger partial charge in [-0.2, -0.15) is 0 Å². The molecular weight excluding hydrogens is 228 g/mol. The molecule has 2 aliphatic carbocycles. The average Bonchev–Trinajstić information content (AvgIpc) is 3.03. The summed E-state index contributed by atoms with van der Waals surface area (Å²) in [7, 11) is 0. The Kier molecular flexibility index (Phi) is 2.42. The molecule has 3 aliphatic rings. The zero-order chi connectivity index (χ0) is 13.2. The number of carbonyl (C=O) groups is 1. The van der Waals surface area contributed by atoms with Gasteiger partial charge < -0.3 is 9.84 Å². The highest BCUT2D eigenvalue weighted by Gasteiger charge is 2.84. The molecule has 5 unspecified atom stereocenters. The van der Waals surface area contributed by atoms with Crippen LogP contribution in [0.3, 0.4) is 0 Å². The lowest BCUT2D eigenvalue weighted by atomic mass is 9.86. The molecule has 102 valence electrons. The van der Waals surface area contributed by atoms with Crippen LogP contribution in [0, 0.1) is 16.2 Å². The molecule has 3 rings (SSSR count). The maximum atomic E-state index is 11.5. The third-order valence-corrected chi connectivity index (χ3v) is 6.03. The van der Waals surface area contributed by atoms with Gasteiger partial charge in [0.05, 0.1) is 12.5 Å². The summed E-state index contributed by atoms with van der Waals surface area (Å²) in [5, 5.41) is 9.76. The Morgan fingerprint density at radius 1 is 1.39 bits per heavy atom. The number of hydrogen-bond donors (Lipinski definition) is 1. The van der Waals surface area contributed by atoms with Crippen LogP contribution in [-0.4, -0.2) is 23.3 Å². The van der Waals surface area contributed by atoms with Crippen molar-refractivity contribution in [1.82, 2.24) is 0 Å². The van der Waals surface area contributed by atoms with Crippen molar-refractivity contribution in [3.63, 3.8) is 0 Å². The van der Waals surface area contributed by atoms with Crippen molar-refractivity contribution in [2.75, 3.05) is 0 Å². The SMILES string of the molecule is CCCC1(C)CC12CC2(C)C1CC(O)CC(=O)O1. The first kappa shape index (κ1) is 12.5. The molecule has 18 heavy (non-hydrogen) atoms. The van der Waals surface area contributed by atoms with Gasteiger partial charge in [0.1, 0.15) is 6.10 Å². The smallest absolute Gasteiger partial charge is 0.308 e. The summed E-state index contributed by atoms with van der Waals surface area (Å²) in [6.45, 7) is 6.87. The number of rotatable bonds is 3. The minimum Gasteiger partial charge on any atom is -0.462 e. The molecule has 1 spiro atoms. The van der Waals surface area contributed by atoms with E-state index in [2.05, 4.69) is 20.8 Å². The van der Waals surface area contributed by atoms with Crippen molar-refractivity contribution in [3.05, 3.63) is 0 Å². The number of hydrogen-bond acceptors (Lipinski definition) is 3. The topological polar surface area (TPSA) is 46.5 Å². The van der Waals surface area contributed by atoms with E-state index in [0.29, 0.717) is 17.3 Å². The normalized spacial score (nSPS) is 54.3. The van der Waals surface area contributed by atoms with Crippen molar-refractivity contribution in [2.24, 2.45) is 16.2 Å². The van der Waals surface area contributed by atoms with Gasteiger partial charge in [-0.25, -0.2) is 0 Å². The second-order valence-electron chi connectivity index (χ2n) is 7.24. The molecule has 3 heteroatoms. The molecule has 1 heterocycles. The number of carbonyl (C=O) groups excluding carboxylic acids is 1. The van der Waals surface area contributed by atoms with Crippen LogP contribution in [0.25, 0.3) is 0 Å². The van der Waals surface area contributed by atoms with Crippen LogP contribution in [-0.2, 0) is 9.53 Å². The van der Waals surface area contributed by atoms with Crippen molar-refractivity contribution >= 4 is 5.97 Å². The third kappa shape index (κ3) is 1.43. The fraction of sp³-hybridized carbons (Fsp3) is 0.933. The van der Waals surface area contributed by atoms with Gasteiger partial charge in [0.15, 0.2) is 0 Å². The van der Waals surface area contributed by atoms with Crippen molar-refractivity contribution in [2.45, 2.75) is 71.5 Å². The maximum Gasteiger partial charge on any atom is 0.308 e. The average molecular weight is 252 g/mol. The van der Waals surface area contributed by atoms with Crippen LogP contribution >= 0.6 is 0 Å². The first-order valence-electron chi connectivity index (χ1n) is 7.24. The van der Waals surface area contributed by atoms with E-state index in [1.54, 1.807) is 0 Å². The lowest BCUT2D eigenvalue weighted by Gasteiger charge is -2.32. The molecule has 0 bridgehead atoms. The van der Waals surface area contributed by atoms with E-state index in [1.165, 1.54) is 25.7 Å². The van der Waals surface area contributed by atoms with E-state index < -0.39 is 6.10 Å². The molecule has 1 saturated heterocycles. The predicted octanol–water partition coefficient (Wildman–Crippen LogP) is 2.66. The highest BCUT2D eigenvalue weighted by molar-refractivity contribution is 5.71. The quantitative estimate of drug-likeness (QED) is 0.785. The van der Waals surface area contributed by atoms with E-state index in [1.807, 2.05) is 0 Å². The fourth-order valence-corrected chi connectivity index (χ4v) is 4.84. The Hall–Kier alpha value is -0.570. The molecule has 0 aromatic rings. The molecule has 2 saturated carbocycles. The zero-order valence-corrected chi connectivity index (χ0v) is 11.7. The van der Waals surface area contributed by atoms with Crippen LogP contribution in [0.15, 0.2) is 0 Å². The van der Waals surface area contributed by atoms with Gasteiger partial charge in [-0.05, 0) is 30.1 Å². The van der Waals surface area contributed by atoms with E-state index in [9.17, 15) is 9.90 Å². The van der Waals surface area contributed by atoms with Gasteiger partial charge in [-0.1, -0.05) is 27.2 Å². The highest BCUT2D eigenvalue weighted by Crippen LogP contribution is 2.89. The monoisotopic (exact) mass is 252 g/mol. The van der Waals surface area contributed by atoms with Gasteiger partial charge in [-0.3, -0.25) is 4.79 Å². The van der Waals surface area contributed by atoms with Crippen molar-refractivity contribution < 1.29 is 14.6 Å². The minimum atomic E-state index is -0.498. The molecular formula is C15H24O3. The Labute approximate surface area is 109 Å². The maximum absolute atomic E-state index is 11.5. The Morgan fingerprint density at radius 3 is 2.72 bits per heavy atom. The summed E-state index contributed by atoms with van der Waals surface area (Å²) in [5.74, 6) is -0.222. The number of aliphatic hydroxyl groups excluding tert-OH is 1. The Morgan fingerprint density at radius 2 is 2.11 bits per heavy atom. The van der Waals surface area contributed by atoms with E-state index >= 15 is 0 Å². The lowest BCUT2D eigenvalue weighted by Crippen LogP contribution is -2.38. The largest absolute Gasteiger partial charge is 0.462 e. The zero-order valence-electron chi connectivity index (χ0n) is 11.7. The van der Waals surface area contributed by atoms with Crippen LogP contribution in [0.1, 0.15) is 59.3 Å². The number of cyclic esters (lactones) is 1. The van der Waals surface area contributed by atoms with Gasteiger partial charge in [0.2, 0.25) is 0 Å². The van der Waals surface area contributed by atoms with E-state index in [4.69, 9.17) is 4.74 Å². The van der Waals surface area contributed by atoms with E-state index in [0.717, 1.165) is 0 Å². The second-order valence-corrected chi connectivity index (χ2v) is 7.24. The van der Waals surface area contributed by atoms with Crippen LogP contribution in [0.4, 0.5) is 0 Å². The third-order valence-electron chi connectivity index (χ3n) is 6.03. The fourth-order valence-electron chi connectivity index (χ4n) is 4.84. The molecule has 1 aliphatic heterocycles. The lowest BCUT2D eigenvalue weighted by molar-refractivity contribution is -0.165. The van der Waals surface area contributed by atoms with Crippen LogP contribution < -0.4 is 0 Å². The standard InChI is InChI=1S/C15H24O3/c1-4-5-13(2)8-15(13)9-14(15,3)11-6-10(16)7-12(17)18-11/h10-11,16H,4-9H2,1-3H3. The van der Waals surface area contributed by atoms with Crippen molar-refractivity contribution in [3.8, 4) is 0 Å². The molecule has 5 atom stereocenters. The van der Waals surface area contributed by atoms with Gasteiger partial charge >= 0.3 is 5.97 Å². The molecule has 1 N–H and O–H groups in total. The van der Waals surface area contributed by atoms with E-state index in [-0.39, 0.29) is 23.9 Å². The van der Waals surface area contributed by atoms with Gasteiger partial charge in [0.25, 0.3) is 0 Å². The Balaban J connectivity index is 1.73. The number of ether oxygens (including phenoxy) is 1. The molecule has 3 nitrogen and oxygen atoms in total. The molecule has 0 amide bonds.